The largest absolute Gasteiger partial charge is 0.340 e. The molecule has 3 rings (SSSR count). The van der Waals surface area contributed by atoms with Gasteiger partial charge in [0.25, 0.3) is 5.91 Å². The molecule has 1 N–H and O–H groups in total. The number of rotatable bonds is 2. The molecule has 1 aromatic rings. The Hall–Kier alpha value is -1.50. The molecule has 3 amide bonds. The van der Waals surface area contributed by atoms with E-state index in [-0.39, 0.29) is 24.0 Å². The maximum absolute atomic E-state index is 12.8. The van der Waals surface area contributed by atoms with Gasteiger partial charge in [-0.1, -0.05) is 0 Å². The van der Waals surface area contributed by atoms with Crippen LogP contribution in [0.2, 0.25) is 0 Å². The maximum Gasteiger partial charge on any atom is 0.317 e. The fourth-order valence-corrected chi connectivity index (χ4v) is 3.43. The van der Waals surface area contributed by atoms with Crippen molar-refractivity contribution in [2.45, 2.75) is 25.9 Å². The Labute approximate surface area is 132 Å². The van der Waals surface area contributed by atoms with Crippen molar-refractivity contribution in [3.8, 4) is 0 Å². The molecule has 21 heavy (non-hydrogen) atoms. The van der Waals surface area contributed by atoms with Gasteiger partial charge in [0.15, 0.2) is 0 Å². The molecule has 2 fully saturated rings. The molecule has 2 aliphatic heterocycles. The molecule has 114 valence electrons. The minimum absolute atomic E-state index is 0.0135. The van der Waals surface area contributed by atoms with Crippen molar-refractivity contribution < 1.29 is 9.59 Å². The minimum atomic E-state index is -0.0135. The van der Waals surface area contributed by atoms with Gasteiger partial charge in [-0.25, -0.2) is 4.79 Å². The van der Waals surface area contributed by atoms with Crippen molar-refractivity contribution in [3.05, 3.63) is 22.4 Å². The van der Waals surface area contributed by atoms with E-state index in [1.54, 1.807) is 0 Å². The van der Waals surface area contributed by atoms with E-state index in [4.69, 9.17) is 0 Å². The predicted octanol–water partition coefficient (Wildman–Crippen LogP) is 1.68. The normalized spacial score (nSPS) is 21.7. The Morgan fingerprint density at radius 3 is 2.90 bits per heavy atom. The number of carbonyl (C=O) groups is 2. The summed E-state index contributed by atoms with van der Waals surface area (Å²) in [4.78, 5) is 28.0. The van der Waals surface area contributed by atoms with Gasteiger partial charge in [-0.2, -0.15) is 0 Å². The van der Waals surface area contributed by atoms with Gasteiger partial charge < -0.3 is 19.7 Å². The minimum Gasteiger partial charge on any atom is -0.340 e. The zero-order valence-electron chi connectivity index (χ0n) is 12.2. The van der Waals surface area contributed by atoms with E-state index in [2.05, 4.69) is 35.1 Å². The number of carbonyl (C=O) groups excluding carboxylic acids is 2. The first-order valence-corrected chi connectivity index (χ1v) is 7.98. The number of nitrogens with one attached hydrogen (secondary N) is 1. The van der Waals surface area contributed by atoms with Gasteiger partial charge in [0.2, 0.25) is 0 Å². The second-order valence-electron chi connectivity index (χ2n) is 5.83. The van der Waals surface area contributed by atoms with Crippen LogP contribution in [-0.2, 0) is 0 Å². The van der Waals surface area contributed by atoms with Crippen LogP contribution >= 0.6 is 15.9 Å². The third-order valence-electron chi connectivity index (χ3n) is 4.11. The van der Waals surface area contributed by atoms with Crippen LogP contribution in [0, 0.1) is 0 Å². The lowest BCUT2D eigenvalue weighted by molar-refractivity contribution is 0.0605. The summed E-state index contributed by atoms with van der Waals surface area (Å²) in [6.45, 7) is 6.52. The van der Waals surface area contributed by atoms with Gasteiger partial charge >= 0.3 is 6.03 Å². The lowest BCUT2D eigenvalue weighted by Gasteiger charge is -2.36. The lowest BCUT2D eigenvalue weighted by atomic mass is 10.2. The number of urea groups is 1. The standard InChI is InChI=1S/C14H19BrN4O2/c1-9(2)19-7-10(15)5-12(19)13(20)17-3-4-18-11(8-17)6-16-14(18)21/h5,7,9,11H,3-4,6,8H2,1-2H3,(H,16,21). The van der Waals surface area contributed by atoms with E-state index in [1.807, 2.05) is 26.6 Å². The molecule has 0 aliphatic carbocycles. The molecule has 1 aromatic heterocycles. The zero-order chi connectivity index (χ0) is 15.1. The lowest BCUT2D eigenvalue weighted by Crippen LogP contribution is -2.54. The van der Waals surface area contributed by atoms with Crippen LogP contribution in [0.1, 0.15) is 30.4 Å². The fraction of sp³-hybridized carbons (Fsp3) is 0.571. The first kappa shape index (κ1) is 14.4. The highest BCUT2D eigenvalue weighted by atomic mass is 79.9. The highest BCUT2D eigenvalue weighted by Crippen LogP contribution is 2.22. The van der Waals surface area contributed by atoms with Crippen LogP contribution in [0.25, 0.3) is 0 Å². The van der Waals surface area contributed by atoms with Gasteiger partial charge in [0.05, 0.1) is 6.04 Å². The topological polar surface area (TPSA) is 57.6 Å². The molecule has 2 saturated heterocycles. The third kappa shape index (κ3) is 2.54. The molecule has 0 aromatic carbocycles. The van der Waals surface area contributed by atoms with Crippen molar-refractivity contribution >= 4 is 27.9 Å². The van der Waals surface area contributed by atoms with Crippen LogP contribution in [0.5, 0.6) is 0 Å². The Morgan fingerprint density at radius 2 is 2.19 bits per heavy atom. The smallest absolute Gasteiger partial charge is 0.317 e. The molecule has 2 aliphatic rings. The SMILES string of the molecule is CC(C)n1cc(Br)cc1C(=O)N1CCN2C(=O)NCC2C1. The van der Waals surface area contributed by atoms with Crippen LogP contribution in [0.15, 0.2) is 16.7 Å². The first-order valence-electron chi connectivity index (χ1n) is 7.18. The highest BCUT2D eigenvalue weighted by Gasteiger charge is 2.37. The van der Waals surface area contributed by atoms with Crippen LogP contribution in [0.4, 0.5) is 4.79 Å². The average molecular weight is 355 g/mol. The monoisotopic (exact) mass is 354 g/mol. The third-order valence-corrected chi connectivity index (χ3v) is 4.54. The zero-order valence-corrected chi connectivity index (χ0v) is 13.8. The van der Waals surface area contributed by atoms with Crippen molar-refractivity contribution in [2.75, 3.05) is 26.2 Å². The molecule has 3 heterocycles. The summed E-state index contributed by atoms with van der Waals surface area (Å²) in [7, 11) is 0. The summed E-state index contributed by atoms with van der Waals surface area (Å²) in [6, 6.07) is 2.18. The second-order valence-corrected chi connectivity index (χ2v) is 6.74. The Balaban J connectivity index is 1.79. The summed E-state index contributed by atoms with van der Waals surface area (Å²) in [5.41, 5.74) is 0.697. The quantitative estimate of drug-likeness (QED) is 0.878. The molecule has 0 spiro atoms. The molecular formula is C14H19BrN4O2. The molecule has 1 atom stereocenters. The molecule has 0 bridgehead atoms. The Bertz CT molecular complexity index is 584. The van der Waals surface area contributed by atoms with Crippen LogP contribution < -0.4 is 5.32 Å². The number of hydrogen-bond acceptors (Lipinski definition) is 2. The van der Waals surface area contributed by atoms with E-state index < -0.39 is 0 Å². The summed E-state index contributed by atoms with van der Waals surface area (Å²) in [6.07, 6.45) is 1.94. The molecular weight excluding hydrogens is 336 g/mol. The molecule has 0 radical (unpaired) electrons. The highest BCUT2D eigenvalue weighted by molar-refractivity contribution is 9.10. The molecule has 0 saturated carbocycles. The number of fused-ring (bicyclic) bond motifs is 1. The molecule has 7 heteroatoms. The van der Waals surface area contributed by atoms with E-state index in [0.717, 1.165) is 4.47 Å². The second kappa shape index (κ2) is 5.36. The number of nitrogens with zero attached hydrogens (tertiary/aromatic N) is 3. The van der Waals surface area contributed by atoms with Crippen LogP contribution in [0.3, 0.4) is 0 Å². The van der Waals surface area contributed by atoms with Gasteiger partial charge in [0, 0.05) is 42.9 Å². The average Bonchev–Trinajstić information content (AvgIpc) is 3.01. The predicted molar refractivity (Wildman–Crippen MR) is 82.3 cm³/mol. The van der Waals surface area contributed by atoms with Crippen molar-refractivity contribution in [1.29, 1.82) is 0 Å². The van der Waals surface area contributed by atoms with Crippen molar-refractivity contribution in [3.63, 3.8) is 0 Å². The van der Waals surface area contributed by atoms with Gasteiger partial charge in [-0.3, -0.25) is 4.79 Å². The summed E-state index contributed by atoms with van der Waals surface area (Å²) in [5.74, 6) is 0.0356. The fourth-order valence-electron chi connectivity index (χ4n) is 2.99. The van der Waals surface area contributed by atoms with E-state index >= 15 is 0 Å². The van der Waals surface area contributed by atoms with Gasteiger partial charge in [0.1, 0.15) is 5.69 Å². The number of hydrogen-bond donors (Lipinski definition) is 1. The summed E-state index contributed by atoms with van der Waals surface area (Å²) in [5, 5.41) is 2.83. The van der Waals surface area contributed by atoms with Crippen LogP contribution in [-0.4, -0.2) is 58.5 Å². The summed E-state index contributed by atoms with van der Waals surface area (Å²) >= 11 is 3.44. The Kier molecular flexibility index (Phi) is 3.69. The molecule has 1 unspecified atom stereocenters. The Morgan fingerprint density at radius 1 is 1.43 bits per heavy atom. The number of amides is 3. The first-order chi connectivity index (χ1) is 9.97. The van der Waals surface area contributed by atoms with E-state index in [1.165, 1.54) is 0 Å². The summed E-state index contributed by atoms with van der Waals surface area (Å²) < 4.78 is 2.90. The maximum atomic E-state index is 12.8. The van der Waals surface area contributed by atoms with E-state index in [9.17, 15) is 9.59 Å². The number of halogens is 1. The van der Waals surface area contributed by atoms with E-state index in [0.29, 0.717) is 31.9 Å². The molecule has 6 nitrogen and oxygen atoms in total. The number of piperazine rings is 1. The van der Waals surface area contributed by atoms with Gasteiger partial charge in [-0.05, 0) is 35.8 Å². The van der Waals surface area contributed by atoms with Crippen molar-refractivity contribution in [1.82, 2.24) is 19.7 Å². The van der Waals surface area contributed by atoms with Crippen molar-refractivity contribution in [2.24, 2.45) is 0 Å². The van der Waals surface area contributed by atoms with Gasteiger partial charge in [-0.15, -0.1) is 0 Å². The number of aromatic nitrogens is 1.